The van der Waals surface area contributed by atoms with Gasteiger partial charge in [0, 0.05) is 38.2 Å². The Hall–Kier alpha value is -4.35. The molecule has 214 valence electrons. The maximum absolute atomic E-state index is 13.2. The van der Waals surface area contributed by atoms with Crippen LogP contribution < -0.4 is 10.6 Å². The summed E-state index contributed by atoms with van der Waals surface area (Å²) < 4.78 is 40.8. The number of carbonyl (C=O) groups is 3. The number of alkyl halides is 3. The van der Waals surface area contributed by atoms with Crippen LogP contribution in [0, 0.1) is 0 Å². The van der Waals surface area contributed by atoms with E-state index in [2.05, 4.69) is 15.6 Å². The van der Waals surface area contributed by atoms with Crippen molar-refractivity contribution in [1.82, 2.24) is 20.2 Å². The molecule has 0 saturated carbocycles. The van der Waals surface area contributed by atoms with Crippen LogP contribution in [0.5, 0.6) is 5.75 Å². The lowest BCUT2D eigenvalue weighted by atomic mass is 10.0. The number of hydrogen-bond acceptors (Lipinski definition) is 5. The molecule has 0 bridgehead atoms. The summed E-state index contributed by atoms with van der Waals surface area (Å²) in [5.74, 6) is -2.51. The second-order valence-corrected chi connectivity index (χ2v) is 9.40. The molecule has 1 heterocycles. The predicted molar refractivity (Wildman–Crippen MR) is 139 cm³/mol. The summed E-state index contributed by atoms with van der Waals surface area (Å²) in [5.41, 5.74) is 0.0560. The third-order valence-corrected chi connectivity index (χ3v) is 6.24. The van der Waals surface area contributed by atoms with Gasteiger partial charge in [-0.05, 0) is 48.2 Å². The lowest BCUT2D eigenvalue weighted by Gasteiger charge is -2.22. The van der Waals surface area contributed by atoms with Crippen molar-refractivity contribution in [2.24, 2.45) is 0 Å². The Bertz CT molecular complexity index is 1250. The van der Waals surface area contributed by atoms with Gasteiger partial charge in [-0.15, -0.1) is 0 Å². The number of carbonyl (C=O) groups excluding carboxylic acids is 2. The van der Waals surface area contributed by atoms with E-state index in [1.807, 2.05) is 10.8 Å². The average molecular weight is 561 g/mol. The first-order valence-corrected chi connectivity index (χ1v) is 12.7. The highest BCUT2D eigenvalue weighted by Gasteiger charge is 2.31. The lowest BCUT2D eigenvalue weighted by molar-refractivity contribution is -0.142. The number of carboxylic acid groups (broad SMARTS) is 1. The van der Waals surface area contributed by atoms with Gasteiger partial charge < -0.3 is 25.4 Å². The number of nitrogens with one attached hydrogen (secondary N) is 2. The number of aliphatic carboxylic acids is 1. The minimum Gasteiger partial charge on any atom is -0.508 e. The molecule has 3 aromatic rings. The summed E-state index contributed by atoms with van der Waals surface area (Å²) in [7, 11) is 0. The van der Waals surface area contributed by atoms with E-state index in [1.165, 1.54) is 36.4 Å². The molecule has 0 unspecified atom stereocenters. The number of unbranched alkanes of at least 4 members (excludes halogenated alkanes) is 2. The van der Waals surface area contributed by atoms with Crippen LogP contribution in [0.1, 0.15) is 42.4 Å². The molecule has 0 spiro atoms. The monoisotopic (exact) mass is 560 g/mol. The Morgan fingerprint density at radius 2 is 1.50 bits per heavy atom. The summed E-state index contributed by atoms with van der Waals surface area (Å²) in [6, 6.07) is 7.47. The quantitative estimate of drug-likeness (QED) is 0.222. The third-order valence-electron chi connectivity index (χ3n) is 6.24. The molecule has 0 fully saturated rings. The van der Waals surface area contributed by atoms with Crippen molar-refractivity contribution in [3.8, 4) is 5.75 Å². The van der Waals surface area contributed by atoms with Gasteiger partial charge in [-0.25, -0.2) is 9.78 Å². The number of nitrogens with zero attached hydrogens (tertiary/aromatic N) is 2. The Balaban J connectivity index is 1.65. The summed E-state index contributed by atoms with van der Waals surface area (Å²) in [6.45, 7) is 0.748. The molecule has 4 N–H and O–H groups in total. The second kappa shape index (κ2) is 14.2. The number of amides is 2. The molecule has 2 atom stereocenters. The van der Waals surface area contributed by atoms with Gasteiger partial charge in [0.15, 0.2) is 0 Å². The molecule has 0 radical (unpaired) electrons. The normalized spacial score (nSPS) is 12.9. The smallest absolute Gasteiger partial charge is 0.416 e. The van der Waals surface area contributed by atoms with Gasteiger partial charge in [0.2, 0.25) is 11.8 Å². The van der Waals surface area contributed by atoms with Crippen LogP contribution in [0.4, 0.5) is 13.2 Å². The lowest BCUT2D eigenvalue weighted by Crippen LogP contribution is -2.53. The fourth-order valence-corrected chi connectivity index (χ4v) is 4.06. The molecule has 2 aromatic carbocycles. The zero-order chi connectivity index (χ0) is 29.1. The molecular formula is C28H31F3N4O5. The number of rotatable bonds is 14. The first-order valence-electron chi connectivity index (χ1n) is 12.7. The van der Waals surface area contributed by atoms with Crippen LogP contribution in [0.3, 0.4) is 0 Å². The number of halogens is 3. The van der Waals surface area contributed by atoms with Crippen LogP contribution >= 0.6 is 0 Å². The molecular weight excluding hydrogens is 529 g/mol. The topological polar surface area (TPSA) is 134 Å². The van der Waals surface area contributed by atoms with E-state index in [-0.39, 0.29) is 25.0 Å². The fourth-order valence-electron chi connectivity index (χ4n) is 4.06. The van der Waals surface area contributed by atoms with E-state index in [4.69, 9.17) is 0 Å². The molecule has 9 nitrogen and oxygen atoms in total. The van der Waals surface area contributed by atoms with Gasteiger partial charge in [0.1, 0.15) is 17.8 Å². The number of hydrogen-bond donors (Lipinski definition) is 4. The van der Waals surface area contributed by atoms with Crippen molar-refractivity contribution in [3.63, 3.8) is 0 Å². The number of aryl methyl sites for hydroxylation is 1. The standard InChI is InChI=1S/C28H31F3N4O5/c29-28(30,31)21-9-5-19(6-10-21)16-23(33-25(37)4-2-1-3-14-35-15-13-32-18-35)26(38)34-24(27(39)40)17-20-7-11-22(36)12-8-20/h5-13,15,18,23-24,36H,1-4,14,16-17H2,(H,33,37)(H,34,38)(H,39,40)/t23-,24-/m0/s1. The minimum atomic E-state index is -4.52. The molecule has 12 heteroatoms. The Morgan fingerprint density at radius 1 is 0.875 bits per heavy atom. The first kappa shape index (κ1) is 30.2. The van der Waals surface area contributed by atoms with Crippen molar-refractivity contribution in [3.05, 3.63) is 83.9 Å². The molecule has 0 aliphatic carbocycles. The van der Waals surface area contributed by atoms with Crippen LogP contribution in [-0.4, -0.2) is 49.6 Å². The number of phenols is 1. The van der Waals surface area contributed by atoms with Gasteiger partial charge in [-0.2, -0.15) is 13.2 Å². The maximum atomic E-state index is 13.2. The number of carboxylic acids is 1. The molecule has 1 aromatic heterocycles. The van der Waals surface area contributed by atoms with Crippen molar-refractivity contribution in [2.45, 2.75) is 63.3 Å². The molecule has 3 rings (SSSR count). The first-order chi connectivity index (χ1) is 19.0. The average Bonchev–Trinajstić information content (AvgIpc) is 3.42. The summed E-state index contributed by atoms with van der Waals surface area (Å²) in [5, 5.41) is 24.2. The third kappa shape index (κ3) is 9.75. The Morgan fingerprint density at radius 3 is 2.08 bits per heavy atom. The largest absolute Gasteiger partial charge is 0.508 e. The SMILES string of the molecule is O=C(CCCCCn1ccnc1)N[C@@H](Cc1ccc(C(F)(F)F)cc1)C(=O)N[C@@H](Cc1ccc(O)cc1)C(=O)O. The van der Waals surface area contributed by atoms with Crippen LogP contribution in [0.15, 0.2) is 67.3 Å². The second-order valence-electron chi connectivity index (χ2n) is 9.40. The van der Waals surface area contributed by atoms with E-state index < -0.39 is 41.6 Å². The van der Waals surface area contributed by atoms with E-state index in [9.17, 15) is 37.8 Å². The van der Waals surface area contributed by atoms with Gasteiger partial charge in [-0.3, -0.25) is 9.59 Å². The molecule has 40 heavy (non-hydrogen) atoms. The van der Waals surface area contributed by atoms with E-state index in [0.29, 0.717) is 17.5 Å². The highest BCUT2D eigenvalue weighted by Crippen LogP contribution is 2.29. The van der Waals surface area contributed by atoms with E-state index in [1.54, 1.807) is 12.5 Å². The number of benzene rings is 2. The Labute approximate surface area is 229 Å². The van der Waals surface area contributed by atoms with Crippen molar-refractivity contribution in [2.75, 3.05) is 0 Å². The van der Waals surface area contributed by atoms with Gasteiger partial charge >= 0.3 is 12.1 Å². The molecule has 0 aliphatic heterocycles. The highest BCUT2D eigenvalue weighted by atomic mass is 19.4. The maximum Gasteiger partial charge on any atom is 0.416 e. The fraction of sp³-hybridized carbons (Fsp3) is 0.357. The molecule has 2 amide bonds. The summed E-state index contributed by atoms with van der Waals surface area (Å²) in [4.78, 5) is 41.7. The van der Waals surface area contributed by atoms with Crippen LogP contribution in [0.25, 0.3) is 0 Å². The zero-order valence-electron chi connectivity index (χ0n) is 21.6. The zero-order valence-corrected chi connectivity index (χ0v) is 21.6. The number of phenolic OH excluding ortho intramolecular Hbond substituents is 1. The van der Waals surface area contributed by atoms with Crippen molar-refractivity contribution in [1.29, 1.82) is 0 Å². The van der Waals surface area contributed by atoms with Crippen molar-refractivity contribution < 1.29 is 37.8 Å². The highest BCUT2D eigenvalue weighted by molar-refractivity contribution is 5.90. The van der Waals surface area contributed by atoms with Crippen molar-refractivity contribution >= 4 is 17.8 Å². The number of aromatic hydroxyl groups is 1. The number of imidazole rings is 1. The summed E-state index contributed by atoms with van der Waals surface area (Å²) in [6.07, 6.45) is 2.70. The van der Waals surface area contributed by atoms with Crippen LogP contribution in [-0.2, 0) is 39.9 Å². The van der Waals surface area contributed by atoms with E-state index in [0.717, 1.165) is 31.5 Å². The van der Waals surface area contributed by atoms with Gasteiger partial charge in [0.05, 0.1) is 11.9 Å². The minimum absolute atomic E-state index is 0.000655. The molecule has 0 aliphatic rings. The van der Waals surface area contributed by atoms with Gasteiger partial charge in [0.25, 0.3) is 0 Å². The van der Waals surface area contributed by atoms with E-state index >= 15 is 0 Å². The summed E-state index contributed by atoms with van der Waals surface area (Å²) >= 11 is 0. The number of aromatic nitrogens is 2. The van der Waals surface area contributed by atoms with Crippen LogP contribution in [0.2, 0.25) is 0 Å². The Kier molecular flexibility index (Phi) is 10.7. The molecule has 0 saturated heterocycles. The van der Waals surface area contributed by atoms with Gasteiger partial charge in [-0.1, -0.05) is 30.7 Å². The predicted octanol–water partition coefficient (Wildman–Crippen LogP) is 3.71.